The summed E-state index contributed by atoms with van der Waals surface area (Å²) in [4.78, 5) is 0. The molecule has 1 aliphatic heterocycles. The summed E-state index contributed by atoms with van der Waals surface area (Å²) in [5, 5.41) is 8.80. The summed E-state index contributed by atoms with van der Waals surface area (Å²) in [5.74, 6) is 0.230. The molecule has 0 spiro atoms. The van der Waals surface area contributed by atoms with Gasteiger partial charge in [0.1, 0.15) is 9.84 Å². The van der Waals surface area contributed by atoms with Gasteiger partial charge in [-0.3, -0.25) is 0 Å². The number of aliphatic hydroxyl groups is 1. The Hall–Kier alpha value is 0.160. The zero-order valence-electron chi connectivity index (χ0n) is 6.69. The van der Waals surface area contributed by atoms with Crippen LogP contribution in [0.1, 0.15) is 12.8 Å². The van der Waals surface area contributed by atoms with Gasteiger partial charge >= 0.3 is 0 Å². The lowest BCUT2D eigenvalue weighted by Crippen LogP contribution is -2.49. The van der Waals surface area contributed by atoms with Crippen LogP contribution in [0, 0.1) is 0 Å². The van der Waals surface area contributed by atoms with Crippen LogP contribution >= 0.6 is 12.4 Å². The van der Waals surface area contributed by atoms with E-state index in [4.69, 9.17) is 10.8 Å². The summed E-state index contributed by atoms with van der Waals surface area (Å²) in [7, 11) is -2.86. The first-order valence-corrected chi connectivity index (χ1v) is 5.40. The zero-order valence-corrected chi connectivity index (χ0v) is 8.33. The number of halogens is 1. The van der Waals surface area contributed by atoms with Gasteiger partial charge in [0.05, 0.1) is 18.1 Å². The zero-order chi connectivity index (χ0) is 8.54. The summed E-state index contributed by atoms with van der Waals surface area (Å²) < 4.78 is 21.8. The number of aliphatic hydroxyl groups excluding tert-OH is 1. The van der Waals surface area contributed by atoms with Crippen LogP contribution in [0.4, 0.5) is 0 Å². The van der Waals surface area contributed by atoms with Gasteiger partial charge in [-0.2, -0.15) is 0 Å². The molecule has 1 fully saturated rings. The molecule has 0 atom stereocenters. The van der Waals surface area contributed by atoms with Gasteiger partial charge in [-0.05, 0) is 12.8 Å². The highest BCUT2D eigenvalue weighted by Crippen LogP contribution is 2.20. The molecule has 0 aromatic heterocycles. The third-order valence-electron chi connectivity index (χ3n) is 2.14. The monoisotopic (exact) mass is 215 g/mol. The molecule has 6 heteroatoms. The van der Waals surface area contributed by atoms with Crippen molar-refractivity contribution in [1.29, 1.82) is 0 Å². The molecule has 1 saturated heterocycles. The van der Waals surface area contributed by atoms with E-state index in [1.165, 1.54) is 0 Å². The van der Waals surface area contributed by atoms with Crippen molar-refractivity contribution < 1.29 is 13.5 Å². The Bertz CT molecular complexity index is 225. The molecule has 1 aliphatic rings. The first-order chi connectivity index (χ1) is 4.97. The second-order valence-corrected chi connectivity index (χ2v) is 5.48. The highest BCUT2D eigenvalue weighted by Gasteiger charge is 2.32. The fourth-order valence-electron chi connectivity index (χ4n) is 1.10. The molecular weight excluding hydrogens is 202 g/mol. The summed E-state index contributed by atoms with van der Waals surface area (Å²) in [6.07, 6.45) is 0.762. The molecule has 0 radical (unpaired) electrons. The molecule has 0 aliphatic carbocycles. The van der Waals surface area contributed by atoms with Crippen molar-refractivity contribution in [3.8, 4) is 0 Å². The molecule has 0 unspecified atom stereocenters. The van der Waals surface area contributed by atoms with Gasteiger partial charge in [-0.1, -0.05) is 0 Å². The molecule has 0 aromatic carbocycles. The minimum atomic E-state index is -2.86. The summed E-state index contributed by atoms with van der Waals surface area (Å²) >= 11 is 0. The van der Waals surface area contributed by atoms with Gasteiger partial charge in [0.15, 0.2) is 0 Å². The highest BCUT2D eigenvalue weighted by atomic mass is 35.5. The second-order valence-electron chi connectivity index (χ2n) is 3.17. The number of rotatable bonds is 1. The van der Waals surface area contributed by atoms with Gasteiger partial charge in [-0.25, -0.2) is 8.42 Å². The number of hydrogen-bond acceptors (Lipinski definition) is 4. The molecular formula is C6H14ClNO3S. The Morgan fingerprint density at radius 2 is 1.75 bits per heavy atom. The second kappa shape index (κ2) is 3.91. The topological polar surface area (TPSA) is 80.4 Å². The highest BCUT2D eigenvalue weighted by molar-refractivity contribution is 7.91. The van der Waals surface area contributed by atoms with E-state index in [9.17, 15) is 8.42 Å². The predicted octanol–water partition coefficient (Wildman–Crippen LogP) is -0.693. The van der Waals surface area contributed by atoms with Gasteiger partial charge in [0, 0.05) is 5.54 Å². The molecule has 0 saturated carbocycles. The fourth-order valence-corrected chi connectivity index (χ4v) is 2.74. The lowest BCUT2D eigenvalue weighted by molar-refractivity contribution is 0.185. The molecule has 74 valence electrons. The standard InChI is InChI=1S/C6H13NO3S.ClH/c7-6(5-8)1-3-11(9,10)4-2-6;/h8H,1-5,7H2;1H. The minimum Gasteiger partial charge on any atom is -0.394 e. The molecule has 3 N–H and O–H groups in total. The number of nitrogens with two attached hydrogens (primary N) is 1. The van der Waals surface area contributed by atoms with Crippen LogP contribution in [-0.2, 0) is 9.84 Å². The fraction of sp³-hybridized carbons (Fsp3) is 1.00. The van der Waals surface area contributed by atoms with Crippen LogP contribution < -0.4 is 5.73 Å². The van der Waals surface area contributed by atoms with Crippen molar-refractivity contribution >= 4 is 22.2 Å². The molecule has 1 heterocycles. The summed E-state index contributed by atoms with van der Waals surface area (Å²) in [5.41, 5.74) is 5.02. The normalized spacial score (nSPS) is 25.8. The smallest absolute Gasteiger partial charge is 0.150 e. The maximum Gasteiger partial charge on any atom is 0.150 e. The number of sulfone groups is 1. The van der Waals surface area contributed by atoms with Crippen molar-refractivity contribution in [2.24, 2.45) is 5.73 Å². The number of hydrogen-bond donors (Lipinski definition) is 2. The SMILES string of the molecule is Cl.NC1(CO)CCS(=O)(=O)CC1. The van der Waals surface area contributed by atoms with Crippen LogP contribution in [0.3, 0.4) is 0 Å². The quantitative estimate of drug-likeness (QED) is 0.607. The van der Waals surface area contributed by atoms with E-state index in [-0.39, 0.29) is 30.5 Å². The molecule has 1 rings (SSSR count). The predicted molar refractivity (Wildman–Crippen MR) is 49.1 cm³/mol. The Morgan fingerprint density at radius 3 is 2.08 bits per heavy atom. The summed E-state index contributed by atoms with van der Waals surface area (Å²) in [6.45, 7) is -0.122. The largest absolute Gasteiger partial charge is 0.394 e. The molecule has 0 amide bonds. The van der Waals surface area contributed by atoms with E-state index in [1.54, 1.807) is 0 Å². The van der Waals surface area contributed by atoms with E-state index in [0.29, 0.717) is 12.8 Å². The van der Waals surface area contributed by atoms with E-state index in [2.05, 4.69) is 0 Å². The molecule has 4 nitrogen and oxygen atoms in total. The van der Waals surface area contributed by atoms with E-state index >= 15 is 0 Å². The minimum absolute atomic E-state index is 0. The maximum atomic E-state index is 10.9. The average molecular weight is 216 g/mol. The van der Waals surface area contributed by atoms with Crippen molar-refractivity contribution in [3.63, 3.8) is 0 Å². The van der Waals surface area contributed by atoms with E-state index < -0.39 is 15.4 Å². The Labute approximate surface area is 78.5 Å². The van der Waals surface area contributed by atoms with Crippen LogP contribution in [0.2, 0.25) is 0 Å². The third-order valence-corrected chi connectivity index (χ3v) is 3.79. The van der Waals surface area contributed by atoms with Crippen molar-refractivity contribution in [2.75, 3.05) is 18.1 Å². The lowest BCUT2D eigenvalue weighted by atomic mass is 9.95. The molecule has 0 bridgehead atoms. The Kier molecular flexibility index (Phi) is 3.96. The third kappa shape index (κ3) is 2.90. The molecule has 12 heavy (non-hydrogen) atoms. The average Bonchev–Trinajstić information content (AvgIpc) is 1.97. The maximum absolute atomic E-state index is 10.9. The van der Waals surface area contributed by atoms with Crippen LogP contribution in [0.5, 0.6) is 0 Å². The molecule has 0 aromatic rings. The van der Waals surface area contributed by atoms with Gasteiger partial charge in [-0.15, -0.1) is 12.4 Å². The van der Waals surface area contributed by atoms with E-state index in [0.717, 1.165) is 0 Å². The van der Waals surface area contributed by atoms with Gasteiger partial charge in [0.2, 0.25) is 0 Å². The van der Waals surface area contributed by atoms with Crippen LogP contribution in [0.15, 0.2) is 0 Å². The van der Waals surface area contributed by atoms with Crippen molar-refractivity contribution in [3.05, 3.63) is 0 Å². The Morgan fingerprint density at radius 1 is 1.33 bits per heavy atom. The van der Waals surface area contributed by atoms with Crippen molar-refractivity contribution in [2.45, 2.75) is 18.4 Å². The van der Waals surface area contributed by atoms with E-state index in [1.807, 2.05) is 0 Å². The van der Waals surface area contributed by atoms with Gasteiger partial charge in [0.25, 0.3) is 0 Å². The lowest BCUT2D eigenvalue weighted by Gasteiger charge is -2.30. The first-order valence-electron chi connectivity index (χ1n) is 3.58. The van der Waals surface area contributed by atoms with Crippen LogP contribution in [0.25, 0.3) is 0 Å². The van der Waals surface area contributed by atoms with Crippen molar-refractivity contribution in [1.82, 2.24) is 0 Å². The summed E-state index contributed by atoms with van der Waals surface area (Å²) in [6, 6.07) is 0. The van der Waals surface area contributed by atoms with Crippen LogP contribution in [-0.4, -0.2) is 37.2 Å². The van der Waals surface area contributed by atoms with Gasteiger partial charge < -0.3 is 10.8 Å². The first kappa shape index (κ1) is 12.2. The Balaban J connectivity index is 0.00000121.